The van der Waals surface area contributed by atoms with E-state index in [1.54, 1.807) is 35.5 Å². The first kappa shape index (κ1) is 25.2. The lowest BCUT2D eigenvalue weighted by Gasteiger charge is -2.38. The Hall–Kier alpha value is -2.51. The zero-order valence-corrected chi connectivity index (χ0v) is 21.9. The standard InChI is InChI=1S/C27H31Cl2FN4O2/c1-17(14-32-9-8-19-11-20(30)6-7-25(19)32)34(27(35)36)21(10-18-4-2-3-5-18)15-33-16-31-24-12-22(28)23(29)13-26(24)33/h6-7,11-13,16-18,21H,2-5,8-10,14-15H2,1H3,(H,35,36). The number of halogens is 3. The number of hydrogen-bond donors (Lipinski definition) is 1. The summed E-state index contributed by atoms with van der Waals surface area (Å²) in [7, 11) is 0. The molecule has 2 heterocycles. The lowest BCUT2D eigenvalue weighted by Crippen LogP contribution is -2.51. The maximum atomic E-state index is 13.7. The number of benzene rings is 2. The van der Waals surface area contributed by atoms with E-state index < -0.39 is 6.09 Å². The van der Waals surface area contributed by atoms with Crippen molar-refractivity contribution in [2.75, 3.05) is 18.0 Å². The molecule has 0 radical (unpaired) electrons. The van der Waals surface area contributed by atoms with Gasteiger partial charge in [0.15, 0.2) is 0 Å². The van der Waals surface area contributed by atoms with Gasteiger partial charge in [-0.3, -0.25) is 4.90 Å². The SMILES string of the molecule is CC(CN1CCc2cc(F)ccc21)N(C(=O)O)C(CC1CCCC1)Cn1cnc2cc(Cl)c(Cl)cc21. The van der Waals surface area contributed by atoms with Crippen molar-refractivity contribution < 1.29 is 14.3 Å². The van der Waals surface area contributed by atoms with Crippen LogP contribution in [0.1, 0.15) is 44.6 Å². The summed E-state index contributed by atoms with van der Waals surface area (Å²) in [6.45, 7) is 3.77. The summed E-state index contributed by atoms with van der Waals surface area (Å²) in [5.41, 5.74) is 3.55. The summed E-state index contributed by atoms with van der Waals surface area (Å²) in [6, 6.07) is 7.93. The van der Waals surface area contributed by atoms with Crippen molar-refractivity contribution in [3.05, 3.63) is 58.1 Å². The quantitative estimate of drug-likeness (QED) is 0.344. The fraction of sp³-hybridized carbons (Fsp3) is 0.481. The first-order chi connectivity index (χ1) is 17.3. The van der Waals surface area contributed by atoms with Gasteiger partial charge in [0, 0.05) is 25.3 Å². The highest BCUT2D eigenvalue weighted by Crippen LogP contribution is 2.34. The van der Waals surface area contributed by atoms with Crippen molar-refractivity contribution in [3.63, 3.8) is 0 Å². The first-order valence-electron chi connectivity index (χ1n) is 12.6. The van der Waals surface area contributed by atoms with Crippen LogP contribution in [0.2, 0.25) is 10.0 Å². The Labute approximate surface area is 220 Å². The average Bonchev–Trinajstić information content (AvgIpc) is 3.56. The molecule has 1 aromatic heterocycles. The number of carboxylic acid groups (broad SMARTS) is 1. The number of hydrogen-bond acceptors (Lipinski definition) is 3. The van der Waals surface area contributed by atoms with Gasteiger partial charge in [-0.1, -0.05) is 48.9 Å². The van der Waals surface area contributed by atoms with E-state index in [1.807, 2.05) is 11.5 Å². The number of carbonyl (C=O) groups is 1. The summed E-state index contributed by atoms with van der Waals surface area (Å²) in [5, 5.41) is 11.3. The van der Waals surface area contributed by atoms with E-state index in [0.29, 0.717) is 29.1 Å². The molecule has 2 aromatic carbocycles. The Kier molecular flexibility index (Phi) is 7.31. The van der Waals surface area contributed by atoms with Crippen LogP contribution in [0.3, 0.4) is 0 Å². The third kappa shape index (κ3) is 5.14. The number of anilines is 1. The largest absolute Gasteiger partial charge is 0.465 e. The van der Waals surface area contributed by atoms with Gasteiger partial charge in [0.25, 0.3) is 0 Å². The van der Waals surface area contributed by atoms with Crippen LogP contribution in [0, 0.1) is 11.7 Å². The van der Waals surface area contributed by atoms with Gasteiger partial charge in [-0.25, -0.2) is 14.2 Å². The molecule has 0 spiro atoms. The molecule has 1 amide bonds. The normalized spacial score (nSPS) is 17.5. The predicted molar refractivity (Wildman–Crippen MR) is 142 cm³/mol. The molecule has 1 fully saturated rings. The molecule has 2 atom stereocenters. The smallest absolute Gasteiger partial charge is 0.407 e. The van der Waals surface area contributed by atoms with Crippen molar-refractivity contribution in [1.29, 1.82) is 0 Å². The second-order valence-electron chi connectivity index (χ2n) is 10.2. The maximum absolute atomic E-state index is 13.7. The van der Waals surface area contributed by atoms with E-state index in [0.717, 1.165) is 54.5 Å². The molecule has 0 saturated heterocycles. The van der Waals surface area contributed by atoms with Crippen molar-refractivity contribution in [3.8, 4) is 0 Å². The maximum Gasteiger partial charge on any atom is 0.407 e. The van der Waals surface area contributed by atoms with Crippen molar-refractivity contribution >= 4 is 46.0 Å². The van der Waals surface area contributed by atoms with E-state index in [-0.39, 0.29) is 17.9 Å². The van der Waals surface area contributed by atoms with Crippen molar-refractivity contribution in [1.82, 2.24) is 14.5 Å². The summed E-state index contributed by atoms with van der Waals surface area (Å²) in [4.78, 5) is 21.0. The molecule has 6 nitrogen and oxygen atoms in total. The van der Waals surface area contributed by atoms with Crippen LogP contribution in [-0.2, 0) is 13.0 Å². The molecule has 3 aromatic rings. The molecule has 5 rings (SSSR count). The molecule has 1 aliphatic heterocycles. The zero-order chi connectivity index (χ0) is 25.4. The number of rotatable bonds is 8. The predicted octanol–water partition coefficient (Wildman–Crippen LogP) is 6.86. The third-order valence-corrected chi connectivity index (χ3v) is 8.48. The number of aromatic nitrogens is 2. The highest BCUT2D eigenvalue weighted by molar-refractivity contribution is 6.42. The Morgan fingerprint density at radius 3 is 2.69 bits per heavy atom. The number of nitrogens with zero attached hydrogens (tertiary/aromatic N) is 4. The Morgan fingerprint density at radius 1 is 1.19 bits per heavy atom. The summed E-state index contributed by atoms with van der Waals surface area (Å²) in [5.74, 6) is 0.272. The van der Waals surface area contributed by atoms with Crippen LogP contribution in [-0.4, -0.2) is 50.8 Å². The molecule has 192 valence electrons. The molecule has 1 saturated carbocycles. The highest BCUT2D eigenvalue weighted by atomic mass is 35.5. The Bertz CT molecular complexity index is 1260. The van der Waals surface area contributed by atoms with Gasteiger partial charge in [0.2, 0.25) is 0 Å². The van der Waals surface area contributed by atoms with Gasteiger partial charge in [-0.2, -0.15) is 0 Å². The van der Waals surface area contributed by atoms with Gasteiger partial charge in [-0.15, -0.1) is 0 Å². The topological polar surface area (TPSA) is 61.6 Å². The lowest BCUT2D eigenvalue weighted by molar-refractivity contribution is 0.0885. The zero-order valence-electron chi connectivity index (χ0n) is 20.3. The second-order valence-corrected chi connectivity index (χ2v) is 11.0. The molecule has 1 N–H and O–H groups in total. The minimum Gasteiger partial charge on any atom is -0.465 e. The molecule has 1 aliphatic carbocycles. The van der Waals surface area contributed by atoms with Gasteiger partial charge in [0.05, 0.1) is 39.5 Å². The molecule has 2 unspecified atom stereocenters. The van der Waals surface area contributed by atoms with Gasteiger partial charge in [0.1, 0.15) is 5.82 Å². The van der Waals surface area contributed by atoms with Crippen molar-refractivity contribution in [2.24, 2.45) is 5.92 Å². The summed E-state index contributed by atoms with van der Waals surface area (Å²) < 4.78 is 15.7. The molecule has 9 heteroatoms. The number of imidazole rings is 1. The van der Waals surface area contributed by atoms with E-state index in [4.69, 9.17) is 23.2 Å². The minimum absolute atomic E-state index is 0.220. The van der Waals surface area contributed by atoms with Crippen LogP contribution in [0.15, 0.2) is 36.7 Å². The van der Waals surface area contributed by atoms with Crippen LogP contribution in [0.25, 0.3) is 11.0 Å². The molecular formula is C27H31Cl2FN4O2. The van der Waals surface area contributed by atoms with Crippen LogP contribution >= 0.6 is 23.2 Å². The summed E-state index contributed by atoms with van der Waals surface area (Å²) in [6.07, 6.45) is 7.06. The Balaban J connectivity index is 1.41. The minimum atomic E-state index is -0.922. The van der Waals surface area contributed by atoms with Crippen LogP contribution in [0.5, 0.6) is 0 Å². The second kappa shape index (κ2) is 10.5. The van der Waals surface area contributed by atoms with Crippen LogP contribution in [0.4, 0.5) is 14.9 Å². The Morgan fingerprint density at radius 2 is 1.94 bits per heavy atom. The van der Waals surface area contributed by atoms with Gasteiger partial charge < -0.3 is 14.6 Å². The monoisotopic (exact) mass is 532 g/mol. The lowest BCUT2D eigenvalue weighted by atomic mass is 9.96. The van der Waals surface area contributed by atoms with Gasteiger partial charge >= 0.3 is 6.09 Å². The molecular weight excluding hydrogens is 502 g/mol. The number of fused-ring (bicyclic) bond motifs is 2. The fourth-order valence-electron chi connectivity index (χ4n) is 6.07. The molecule has 0 bridgehead atoms. The van der Waals surface area contributed by atoms with E-state index in [1.165, 1.54) is 18.9 Å². The van der Waals surface area contributed by atoms with E-state index in [2.05, 4.69) is 9.88 Å². The summed E-state index contributed by atoms with van der Waals surface area (Å²) >= 11 is 12.5. The highest BCUT2D eigenvalue weighted by Gasteiger charge is 2.33. The first-order valence-corrected chi connectivity index (χ1v) is 13.4. The average molecular weight is 533 g/mol. The van der Waals surface area contributed by atoms with E-state index >= 15 is 0 Å². The van der Waals surface area contributed by atoms with Crippen LogP contribution < -0.4 is 4.90 Å². The van der Waals surface area contributed by atoms with Gasteiger partial charge in [-0.05, 0) is 61.6 Å². The van der Waals surface area contributed by atoms with E-state index in [9.17, 15) is 14.3 Å². The number of amides is 1. The fourth-order valence-corrected chi connectivity index (χ4v) is 6.39. The molecule has 36 heavy (non-hydrogen) atoms. The molecule has 2 aliphatic rings. The third-order valence-electron chi connectivity index (χ3n) is 7.76. The van der Waals surface area contributed by atoms with Crippen molar-refractivity contribution in [2.45, 2.75) is 64.1 Å².